The van der Waals surface area contributed by atoms with Gasteiger partial charge in [0.2, 0.25) is 5.88 Å². The van der Waals surface area contributed by atoms with Crippen molar-refractivity contribution in [3.8, 4) is 11.6 Å². The average molecular weight is 287 g/mol. The lowest BCUT2D eigenvalue weighted by molar-refractivity contribution is 0.234. The SMILES string of the molecule is COc1cc(C)nc(CNc2cccnc2OC(C)C)c1. The first-order chi connectivity index (χ1) is 10.1. The topological polar surface area (TPSA) is 56.3 Å². The monoisotopic (exact) mass is 287 g/mol. The number of anilines is 1. The normalized spacial score (nSPS) is 10.5. The maximum atomic E-state index is 5.68. The van der Waals surface area contributed by atoms with Gasteiger partial charge in [0.1, 0.15) is 5.75 Å². The van der Waals surface area contributed by atoms with Gasteiger partial charge in [-0.15, -0.1) is 0 Å². The van der Waals surface area contributed by atoms with Crippen LogP contribution in [0.25, 0.3) is 0 Å². The van der Waals surface area contributed by atoms with E-state index in [0.29, 0.717) is 12.4 Å². The molecule has 0 aliphatic carbocycles. The van der Waals surface area contributed by atoms with Crippen molar-refractivity contribution < 1.29 is 9.47 Å². The number of hydrogen-bond donors (Lipinski definition) is 1. The van der Waals surface area contributed by atoms with E-state index in [1.165, 1.54) is 0 Å². The molecule has 5 nitrogen and oxygen atoms in total. The molecule has 112 valence electrons. The number of aromatic nitrogens is 2. The number of aryl methyl sites for hydroxylation is 1. The number of rotatable bonds is 6. The van der Waals surface area contributed by atoms with Crippen LogP contribution in [-0.2, 0) is 6.54 Å². The molecule has 5 heteroatoms. The van der Waals surface area contributed by atoms with Crippen molar-refractivity contribution in [1.29, 1.82) is 0 Å². The first-order valence-corrected chi connectivity index (χ1v) is 6.95. The van der Waals surface area contributed by atoms with Crippen LogP contribution in [0.2, 0.25) is 0 Å². The van der Waals surface area contributed by atoms with Crippen molar-refractivity contribution in [3.05, 3.63) is 41.9 Å². The zero-order valence-corrected chi connectivity index (χ0v) is 12.9. The minimum absolute atomic E-state index is 0.0811. The molecule has 2 rings (SSSR count). The lowest BCUT2D eigenvalue weighted by atomic mass is 10.3. The highest BCUT2D eigenvalue weighted by atomic mass is 16.5. The summed E-state index contributed by atoms with van der Waals surface area (Å²) in [6, 6.07) is 7.64. The van der Waals surface area contributed by atoms with Crippen LogP contribution in [0.15, 0.2) is 30.5 Å². The Kier molecular flexibility index (Phi) is 4.98. The summed E-state index contributed by atoms with van der Waals surface area (Å²) in [6.45, 7) is 6.48. The third-order valence-electron chi connectivity index (χ3n) is 2.79. The van der Waals surface area contributed by atoms with Crippen molar-refractivity contribution in [2.45, 2.75) is 33.4 Å². The van der Waals surface area contributed by atoms with E-state index in [4.69, 9.17) is 9.47 Å². The largest absolute Gasteiger partial charge is 0.497 e. The maximum absolute atomic E-state index is 5.68. The Morgan fingerprint density at radius 3 is 2.81 bits per heavy atom. The van der Waals surface area contributed by atoms with Gasteiger partial charge in [-0.25, -0.2) is 4.98 Å². The third kappa shape index (κ3) is 4.34. The summed E-state index contributed by atoms with van der Waals surface area (Å²) in [5.74, 6) is 1.41. The lowest BCUT2D eigenvalue weighted by Crippen LogP contribution is -2.10. The van der Waals surface area contributed by atoms with Crippen LogP contribution in [-0.4, -0.2) is 23.2 Å². The predicted molar refractivity (Wildman–Crippen MR) is 82.9 cm³/mol. The second-order valence-electron chi connectivity index (χ2n) is 5.02. The Balaban J connectivity index is 2.11. The zero-order valence-electron chi connectivity index (χ0n) is 12.9. The third-order valence-corrected chi connectivity index (χ3v) is 2.79. The van der Waals surface area contributed by atoms with Crippen LogP contribution in [0.3, 0.4) is 0 Å². The van der Waals surface area contributed by atoms with Crippen LogP contribution in [0.1, 0.15) is 25.2 Å². The van der Waals surface area contributed by atoms with Crippen LogP contribution >= 0.6 is 0 Å². The van der Waals surface area contributed by atoms with Gasteiger partial charge in [0, 0.05) is 24.0 Å². The van der Waals surface area contributed by atoms with Gasteiger partial charge in [-0.05, 0) is 32.9 Å². The molecule has 0 bridgehead atoms. The zero-order chi connectivity index (χ0) is 15.2. The Hall–Kier alpha value is -2.30. The number of pyridine rings is 2. The molecule has 0 aromatic carbocycles. The van der Waals surface area contributed by atoms with Crippen molar-refractivity contribution in [2.24, 2.45) is 0 Å². The molecule has 0 amide bonds. The summed E-state index contributed by atoms with van der Waals surface area (Å²) in [5.41, 5.74) is 2.69. The molecular weight excluding hydrogens is 266 g/mol. The van der Waals surface area contributed by atoms with Gasteiger partial charge < -0.3 is 14.8 Å². The van der Waals surface area contributed by atoms with Gasteiger partial charge >= 0.3 is 0 Å². The molecule has 0 saturated carbocycles. The van der Waals surface area contributed by atoms with E-state index < -0.39 is 0 Å². The van der Waals surface area contributed by atoms with E-state index in [2.05, 4.69) is 15.3 Å². The maximum Gasteiger partial charge on any atom is 0.237 e. The van der Waals surface area contributed by atoms with Gasteiger partial charge in [0.05, 0.1) is 31.1 Å². The molecule has 0 unspecified atom stereocenters. The molecule has 0 aliphatic rings. The Labute approximate surface area is 125 Å². The fraction of sp³-hybridized carbons (Fsp3) is 0.375. The molecule has 0 radical (unpaired) electrons. The first-order valence-electron chi connectivity index (χ1n) is 6.95. The average Bonchev–Trinajstić information content (AvgIpc) is 2.45. The van der Waals surface area contributed by atoms with E-state index in [-0.39, 0.29) is 6.10 Å². The van der Waals surface area contributed by atoms with E-state index in [0.717, 1.165) is 22.8 Å². The molecule has 0 fully saturated rings. The molecule has 0 spiro atoms. The van der Waals surface area contributed by atoms with E-state index in [9.17, 15) is 0 Å². The summed E-state index contributed by atoms with van der Waals surface area (Å²) in [6.07, 6.45) is 1.80. The number of ether oxygens (including phenoxy) is 2. The standard InChI is InChI=1S/C16H21N3O2/c1-11(2)21-16-15(6-5-7-17-16)18-10-13-9-14(20-4)8-12(3)19-13/h5-9,11,18H,10H2,1-4H3. The number of nitrogens with zero attached hydrogens (tertiary/aromatic N) is 2. The smallest absolute Gasteiger partial charge is 0.237 e. The van der Waals surface area contributed by atoms with Crippen molar-refractivity contribution in [1.82, 2.24) is 9.97 Å². The van der Waals surface area contributed by atoms with Crippen LogP contribution in [0, 0.1) is 6.92 Å². The van der Waals surface area contributed by atoms with Gasteiger partial charge in [-0.3, -0.25) is 4.98 Å². The lowest BCUT2D eigenvalue weighted by Gasteiger charge is -2.14. The quantitative estimate of drug-likeness (QED) is 0.884. The van der Waals surface area contributed by atoms with Gasteiger partial charge in [-0.1, -0.05) is 0 Å². The van der Waals surface area contributed by atoms with Crippen molar-refractivity contribution in [3.63, 3.8) is 0 Å². The summed E-state index contributed by atoms with van der Waals surface area (Å²) >= 11 is 0. The van der Waals surface area contributed by atoms with Crippen LogP contribution in [0.5, 0.6) is 11.6 Å². The summed E-state index contributed by atoms with van der Waals surface area (Å²) in [4.78, 5) is 8.74. The summed E-state index contributed by atoms with van der Waals surface area (Å²) in [7, 11) is 1.65. The second kappa shape index (κ2) is 6.92. The summed E-state index contributed by atoms with van der Waals surface area (Å²) < 4.78 is 10.9. The minimum Gasteiger partial charge on any atom is -0.497 e. The van der Waals surface area contributed by atoms with Crippen molar-refractivity contribution in [2.75, 3.05) is 12.4 Å². The fourth-order valence-corrected chi connectivity index (χ4v) is 1.94. The summed E-state index contributed by atoms with van der Waals surface area (Å²) in [5, 5.41) is 3.31. The Morgan fingerprint density at radius 1 is 1.29 bits per heavy atom. The molecule has 0 saturated heterocycles. The number of hydrogen-bond acceptors (Lipinski definition) is 5. The molecule has 0 atom stereocenters. The second-order valence-corrected chi connectivity index (χ2v) is 5.02. The van der Waals surface area contributed by atoms with Crippen molar-refractivity contribution >= 4 is 5.69 Å². The molecule has 1 N–H and O–H groups in total. The highest BCUT2D eigenvalue weighted by Gasteiger charge is 2.07. The molecular formula is C16H21N3O2. The van der Waals surface area contributed by atoms with Gasteiger partial charge in [0.15, 0.2) is 0 Å². The van der Waals surface area contributed by atoms with E-state index >= 15 is 0 Å². The Morgan fingerprint density at radius 2 is 2.10 bits per heavy atom. The molecule has 21 heavy (non-hydrogen) atoms. The van der Waals surface area contributed by atoms with E-state index in [1.807, 2.05) is 45.0 Å². The highest BCUT2D eigenvalue weighted by molar-refractivity contribution is 5.52. The van der Waals surface area contributed by atoms with E-state index in [1.54, 1.807) is 13.3 Å². The molecule has 0 aliphatic heterocycles. The Bertz CT molecular complexity index is 600. The number of methoxy groups -OCH3 is 1. The van der Waals surface area contributed by atoms with Crippen LogP contribution in [0.4, 0.5) is 5.69 Å². The number of nitrogens with one attached hydrogen (secondary N) is 1. The predicted octanol–water partition coefficient (Wildman–Crippen LogP) is 3.19. The fourth-order valence-electron chi connectivity index (χ4n) is 1.94. The highest BCUT2D eigenvalue weighted by Crippen LogP contribution is 2.23. The molecule has 2 aromatic heterocycles. The first kappa shape index (κ1) is 15.1. The molecule has 2 aromatic rings. The van der Waals surface area contributed by atoms with Crippen LogP contribution < -0.4 is 14.8 Å². The van der Waals surface area contributed by atoms with Gasteiger partial charge in [0.25, 0.3) is 0 Å². The van der Waals surface area contributed by atoms with Gasteiger partial charge in [-0.2, -0.15) is 0 Å². The molecule has 2 heterocycles. The minimum atomic E-state index is 0.0811.